The summed E-state index contributed by atoms with van der Waals surface area (Å²) >= 11 is 0. The lowest BCUT2D eigenvalue weighted by molar-refractivity contribution is -0.609. The van der Waals surface area contributed by atoms with Crippen LogP contribution >= 0.6 is 0 Å². The Morgan fingerprint density at radius 3 is 1.78 bits per heavy atom. The van der Waals surface area contributed by atoms with Gasteiger partial charge in [0.05, 0.1) is 5.69 Å². The van der Waals surface area contributed by atoms with E-state index in [0.29, 0.717) is 18.8 Å². The van der Waals surface area contributed by atoms with E-state index in [2.05, 4.69) is 10.6 Å². The highest BCUT2D eigenvalue weighted by molar-refractivity contribution is 6.43. The maximum atomic E-state index is 12.6. The van der Waals surface area contributed by atoms with Gasteiger partial charge in [0.2, 0.25) is 0 Å². The van der Waals surface area contributed by atoms with Crippen LogP contribution in [-0.2, 0) is 9.59 Å². The van der Waals surface area contributed by atoms with Gasteiger partial charge in [0.15, 0.2) is 0 Å². The molecule has 0 saturated carbocycles. The molecule has 146 valence electrons. The molecule has 0 unspecified atom stereocenters. The van der Waals surface area contributed by atoms with Crippen molar-refractivity contribution in [3.63, 3.8) is 0 Å². The van der Waals surface area contributed by atoms with Crippen molar-refractivity contribution < 1.29 is 23.9 Å². The number of likely N-dealkylation sites (N-methyl/N-ethyl adjacent to an activating group) is 2. The number of carbonyl (C=O) groups is 4. The highest BCUT2D eigenvalue weighted by Crippen LogP contribution is 2.21. The number of carbonyl (C=O) groups excluding carboxylic acids is 4. The van der Waals surface area contributed by atoms with Crippen molar-refractivity contribution in [2.24, 2.45) is 0 Å². The molecule has 2 heterocycles. The SMILES string of the molecule is CCNC(=O)C(=O)c1cc(N2CCCCC2)cc(C(=O)C(=O)NCC)[n+]1[O-]. The molecular weight excluding hydrogens is 352 g/mol. The number of nitrogens with one attached hydrogen (secondary N) is 2. The maximum Gasteiger partial charge on any atom is 0.315 e. The standard InChI is InChI=1S/C18H24N4O5/c1-3-19-17(25)15(23)13-10-12(21-8-6-5-7-9-21)11-14(22(13)27)16(24)18(26)20-4-2/h10-11H,3-9H2,1-2H3,(H,19,25)(H,20,26). The Balaban J connectivity index is 2.52. The van der Waals surface area contributed by atoms with Crippen molar-refractivity contribution in [2.75, 3.05) is 31.1 Å². The Labute approximate surface area is 157 Å². The van der Waals surface area contributed by atoms with Crippen molar-refractivity contribution in [3.8, 4) is 0 Å². The van der Waals surface area contributed by atoms with E-state index >= 15 is 0 Å². The average molecular weight is 376 g/mol. The second-order valence-corrected chi connectivity index (χ2v) is 6.20. The number of hydrogen-bond acceptors (Lipinski definition) is 6. The zero-order valence-corrected chi connectivity index (χ0v) is 15.5. The average Bonchev–Trinajstić information content (AvgIpc) is 2.68. The van der Waals surface area contributed by atoms with Crippen LogP contribution < -0.4 is 20.3 Å². The lowest BCUT2D eigenvalue weighted by Gasteiger charge is -2.29. The first-order valence-electron chi connectivity index (χ1n) is 9.08. The van der Waals surface area contributed by atoms with Gasteiger partial charge in [-0.25, -0.2) is 0 Å². The van der Waals surface area contributed by atoms with Crippen molar-refractivity contribution in [1.29, 1.82) is 0 Å². The summed E-state index contributed by atoms with van der Waals surface area (Å²) in [5, 5.41) is 17.3. The van der Waals surface area contributed by atoms with Crippen LogP contribution in [0.15, 0.2) is 12.1 Å². The van der Waals surface area contributed by atoms with Crippen molar-refractivity contribution in [1.82, 2.24) is 10.6 Å². The Bertz CT molecular complexity index is 705. The van der Waals surface area contributed by atoms with Gasteiger partial charge in [-0.2, -0.15) is 4.73 Å². The normalized spacial score (nSPS) is 13.8. The van der Waals surface area contributed by atoms with Crippen LogP contribution in [0.2, 0.25) is 0 Å². The molecule has 0 aliphatic carbocycles. The number of aromatic nitrogens is 1. The summed E-state index contributed by atoms with van der Waals surface area (Å²) in [6, 6.07) is 2.62. The van der Waals surface area contributed by atoms with E-state index in [-0.39, 0.29) is 17.8 Å². The van der Waals surface area contributed by atoms with Gasteiger partial charge in [0.25, 0.3) is 23.2 Å². The molecule has 0 atom stereocenters. The predicted molar refractivity (Wildman–Crippen MR) is 97.5 cm³/mol. The van der Waals surface area contributed by atoms with Crippen LogP contribution in [0.3, 0.4) is 0 Å². The third-order valence-electron chi connectivity index (χ3n) is 4.28. The fourth-order valence-electron chi connectivity index (χ4n) is 2.93. The number of piperidine rings is 1. The van der Waals surface area contributed by atoms with E-state index in [9.17, 15) is 24.4 Å². The van der Waals surface area contributed by atoms with Gasteiger partial charge >= 0.3 is 11.6 Å². The molecule has 2 rings (SSSR count). The van der Waals surface area contributed by atoms with Crippen molar-refractivity contribution >= 4 is 29.1 Å². The predicted octanol–water partition coefficient (Wildman–Crippen LogP) is -0.0521. The molecule has 2 amide bonds. The summed E-state index contributed by atoms with van der Waals surface area (Å²) in [5.41, 5.74) is -0.476. The molecule has 0 bridgehead atoms. The molecule has 9 heteroatoms. The first kappa shape index (κ1) is 20.3. The smallest absolute Gasteiger partial charge is 0.315 e. The number of rotatable bonds is 7. The van der Waals surface area contributed by atoms with E-state index < -0.39 is 34.8 Å². The molecular formula is C18H24N4O5. The Kier molecular flexibility index (Phi) is 6.86. The number of amides is 2. The van der Waals surface area contributed by atoms with Crippen LogP contribution in [0, 0.1) is 5.21 Å². The van der Waals surface area contributed by atoms with E-state index in [1.54, 1.807) is 13.8 Å². The number of Topliss-reactive ketones (excluding diaryl/α,β-unsaturated/α-hetero) is 2. The second kappa shape index (κ2) is 9.11. The van der Waals surface area contributed by atoms with Gasteiger partial charge in [-0.1, -0.05) is 0 Å². The molecule has 0 radical (unpaired) electrons. The Hall–Kier alpha value is -2.97. The van der Waals surface area contributed by atoms with Crippen LogP contribution in [0.4, 0.5) is 5.69 Å². The number of nitrogens with zero attached hydrogens (tertiary/aromatic N) is 2. The number of ketones is 2. The maximum absolute atomic E-state index is 12.6. The first-order valence-corrected chi connectivity index (χ1v) is 9.08. The van der Waals surface area contributed by atoms with E-state index in [1.807, 2.05) is 4.90 Å². The zero-order chi connectivity index (χ0) is 20.0. The molecule has 0 spiro atoms. The molecule has 1 aromatic rings. The molecule has 9 nitrogen and oxygen atoms in total. The summed E-state index contributed by atoms with van der Waals surface area (Å²) in [6.07, 6.45) is 2.94. The summed E-state index contributed by atoms with van der Waals surface area (Å²) < 4.78 is 0.0720. The second-order valence-electron chi connectivity index (χ2n) is 6.20. The van der Waals surface area contributed by atoms with Crippen molar-refractivity contribution in [2.45, 2.75) is 33.1 Å². The molecule has 0 aromatic carbocycles. The number of anilines is 1. The zero-order valence-electron chi connectivity index (χ0n) is 15.5. The van der Waals surface area contributed by atoms with Crippen molar-refractivity contribution in [3.05, 3.63) is 28.7 Å². The summed E-state index contributed by atoms with van der Waals surface area (Å²) in [4.78, 5) is 50.6. The van der Waals surface area contributed by atoms with E-state index in [0.717, 1.165) is 19.3 Å². The van der Waals surface area contributed by atoms with Gasteiger partial charge in [-0.3, -0.25) is 19.2 Å². The van der Waals surface area contributed by atoms with Crippen LogP contribution in [-0.4, -0.2) is 49.6 Å². The monoisotopic (exact) mass is 376 g/mol. The van der Waals surface area contributed by atoms with Crippen LogP contribution in [0.5, 0.6) is 0 Å². The third-order valence-corrected chi connectivity index (χ3v) is 4.28. The molecule has 2 N–H and O–H groups in total. The summed E-state index contributed by atoms with van der Waals surface area (Å²) in [6.45, 7) is 5.13. The minimum absolute atomic E-state index is 0.0720. The third kappa shape index (κ3) is 4.60. The lowest BCUT2D eigenvalue weighted by atomic mass is 10.1. The van der Waals surface area contributed by atoms with Gasteiger partial charge in [-0.15, -0.1) is 0 Å². The summed E-state index contributed by atoms with van der Waals surface area (Å²) in [5.74, 6) is -3.96. The van der Waals surface area contributed by atoms with Gasteiger partial charge in [-0.05, 0) is 33.1 Å². The molecule has 27 heavy (non-hydrogen) atoms. The summed E-state index contributed by atoms with van der Waals surface area (Å²) in [7, 11) is 0. The fraction of sp³-hybridized carbons (Fsp3) is 0.500. The first-order chi connectivity index (χ1) is 12.9. The van der Waals surface area contributed by atoms with Crippen LogP contribution in [0.25, 0.3) is 0 Å². The van der Waals surface area contributed by atoms with Gasteiger partial charge in [0.1, 0.15) is 0 Å². The van der Waals surface area contributed by atoms with E-state index in [1.165, 1.54) is 12.1 Å². The number of hydrogen-bond donors (Lipinski definition) is 2. The Morgan fingerprint density at radius 1 is 0.926 bits per heavy atom. The minimum Gasteiger partial charge on any atom is -0.618 e. The molecule has 1 aromatic heterocycles. The Morgan fingerprint density at radius 2 is 1.37 bits per heavy atom. The molecule has 1 fully saturated rings. The molecule has 1 saturated heterocycles. The number of pyridine rings is 1. The fourth-order valence-corrected chi connectivity index (χ4v) is 2.93. The van der Waals surface area contributed by atoms with E-state index in [4.69, 9.17) is 0 Å². The quantitative estimate of drug-likeness (QED) is 0.298. The highest BCUT2D eigenvalue weighted by Gasteiger charge is 2.33. The van der Waals surface area contributed by atoms with Gasteiger partial charge < -0.3 is 20.7 Å². The molecule has 1 aliphatic rings. The highest BCUT2D eigenvalue weighted by atomic mass is 16.5. The minimum atomic E-state index is -1.05. The van der Waals surface area contributed by atoms with Gasteiger partial charge in [0, 0.05) is 38.3 Å². The lowest BCUT2D eigenvalue weighted by Crippen LogP contribution is -2.47. The van der Waals surface area contributed by atoms with Crippen LogP contribution in [0.1, 0.15) is 54.1 Å². The topological polar surface area (TPSA) is 123 Å². The molecule has 1 aliphatic heterocycles. The largest absolute Gasteiger partial charge is 0.618 e.